The lowest BCUT2D eigenvalue weighted by molar-refractivity contribution is 0.143. The van der Waals surface area contributed by atoms with Crippen molar-refractivity contribution >= 4 is 5.82 Å². The van der Waals surface area contributed by atoms with Crippen LogP contribution >= 0.6 is 0 Å². The minimum Gasteiger partial charge on any atom is -0.454 e. The molecule has 2 aromatic heterocycles. The summed E-state index contributed by atoms with van der Waals surface area (Å²) in [6.45, 7) is 1.64. The van der Waals surface area contributed by atoms with Crippen molar-refractivity contribution in [3.63, 3.8) is 0 Å². The van der Waals surface area contributed by atoms with Crippen molar-refractivity contribution < 1.29 is 9.47 Å². The SMILES string of the molecule is Nc1cc(Oc2cn(C3CC3)nc2C2CCCOCC2)ccn1. The standard InChI is InChI=1S/C17H22N4O2/c18-16-10-14(5-7-19-16)23-15-11-21(13-3-4-13)20-17(15)12-2-1-8-22-9-6-12/h5,7,10-13H,1-4,6,8-9H2,(H2,18,19). The molecule has 1 aliphatic carbocycles. The summed E-state index contributed by atoms with van der Waals surface area (Å²) in [6, 6.07) is 4.11. The number of aromatic nitrogens is 3. The van der Waals surface area contributed by atoms with E-state index in [-0.39, 0.29) is 0 Å². The lowest BCUT2D eigenvalue weighted by Crippen LogP contribution is -2.04. The van der Waals surface area contributed by atoms with Crippen molar-refractivity contribution in [2.75, 3.05) is 18.9 Å². The molecule has 6 heteroatoms. The van der Waals surface area contributed by atoms with Crippen LogP contribution in [0.5, 0.6) is 11.5 Å². The fraction of sp³-hybridized carbons (Fsp3) is 0.529. The Kier molecular flexibility index (Phi) is 3.91. The molecule has 2 fully saturated rings. The van der Waals surface area contributed by atoms with Crippen molar-refractivity contribution in [1.29, 1.82) is 0 Å². The Morgan fingerprint density at radius 3 is 2.96 bits per heavy atom. The Balaban J connectivity index is 1.63. The van der Waals surface area contributed by atoms with Gasteiger partial charge in [0.2, 0.25) is 0 Å². The molecule has 0 radical (unpaired) electrons. The van der Waals surface area contributed by atoms with Gasteiger partial charge < -0.3 is 15.2 Å². The zero-order valence-corrected chi connectivity index (χ0v) is 13.1. The third-order valence-electron chi connectivity index (χ3n) is 4.47. The zero-order valence-electron chi connectivity index (χ0n) is 13.1. The Bertz CT molecular complexity index is 673. The van der Waals surface area contributed by atoms with Crippen molar-refractivity contribution in [3.05, 3.63) is 30.2 Å². The lowest BCUT2D eigenvalue weighted by Gasteiger charge is -2.13. The molecule has 2 N–H and O–H groups in total. The van der Waals surface area contributed by atoms with Gasteiger partial charge in [-0.15, -0.1) is 0 Å². The molecule has 6 nitrogen and oxygen atoms in total. The van der Waals surface area contributed by atoms with Gasteiger partial charge in [-0.05, 0) is 38.2 Å². The van der Waals surface area contributed by atoms with Crippen LogP contribution in [-0.2, 0) is 4.74 Å². The van der Waals surface area contributed by atoms with Crippen LogP contribution in [0.15, 0.2) is 24.5 Å². The number of anilines is 1. The Hall–Kier alpha value is -2.08. The summed E-state index contributed by atoms with van der Waals surface area (Å²) in [5, 5.41) is 4.85. The van der Waals surface area contributed by atoms with Crippen molar-refractivity contribution in [2.24, 2.45) is 0 Å². The summed E-state index contributed by atoms with van der Waals surface area (Å²) < 4.78 is 13.8. The van der Waals surface area contributed by atoms with Crippen LogP contribution in [0.1, 0.15) is 49.8 Å². The Labute approximate surface area is 135 Å². The fourth-order valence-corrected chi connectivity index (χ4v) is 3.07. The van der Waals surface area contributed by atoms with Gasteiger partial charge in [-0.1, -0.05) is 0 Å². The van der Waals surface area contributed by atoms with Crippen LogP contribution in [0.25, 0.3) is 0 Å². The number of hydrogen-bond donors (Lipinski definition) is 1. The van der Waals surface area contributed by atoms with Crippen LogP contribution in [0.4, 0.5) is 5.82 Å². The van der Waals surface area contributed by atoms with E-state index in [4.69, 9.17) is 20.3 Å². The Morgan fingerprint density at radius 2 is 2.13 bits per heavy atom. The topological polar surface area (TPSA) is 75.2 Å². The number of ether oxygens (including phenoxy) is 2. The molecule has 2 aromatic rings. The van der Waals surface area contributed by atoms with Gasteiger partial charge in [-0.25, -0.2) is 4.98 Å². The first-order chi connectivity index (χ1) is 11.3. The van der Waals surface area contributed by atoms with Crippen molar-refractivity contribution in [3.8, 4) is 11.5 Å². The van der Waals surface area contributed by atoms with E-state index in [0.717, 1.165) is 43.9 Å². The molecule has 1 unspecified atom stereocenters. The monoisotopic (exact) mass is 314 g/mol. The maximum Gasteiger partial charge on any atom is 0.168 e. The fourth-order valence-electron chi connectivity index (χ4n) is 3.07. The predicted molar refractivity (Wildman–Crippen MR) is 86.6 cm³/mol. The third kappa shape index (κ3) is 3.32. The molecular weight excluding hydrogens is 292 g/mol. The largest absolute Gasteiger partial charge is 0.454 e. The molecule has 1 saturated heterocycles. The summed E-state index contributed by atoms with van der Waals surface area (Å²) in [5.74, 6) is 2.40. The zero-order chi connectivity index (χ0) is 15.6. The van der Waals surface area contributed by atoms with Gasteiger partial charge in [0, 0.05) is 31.4 Å². The maximum atomic E-state index is 6.10. The molecule has 0 aromatic carbocycles. The van der Waals surface area contributed by atoms with E-state index in [2.05, 4.69) is 9.67 Å². The predicted octanol–water partition coefficient (Wildman–Crippen LogP) is 3.27. The minimum absolute atomic E-state index is 0.395. The van der Waals surface area contributed by atoms with E-state index in [9.17, 15) is 0 Å². The van der Waals surface area contributed by atoms with Gasteiger partial charge in [0.25, 0.3) is 0 Å². The van der Waals surface area contributed by atoms with Gasteiger partial charge >= 0.3 is 0 Å². The highest BCUT2D eigenvalue weighted by Gasteiger charge is 2.29. The highest BCUT2D eigenvalue weighted by molar-refractivity contribution is 5.40. The number of nitrogen functional groups attached to an aromatic ring is 1. The molecule has 2 aliphatic rings. The van der Waals surface area contributed by atoms with Crippen molar-refractivity contribution in [2.45, 2.75) is 44.1 Å². The minimum atomic E-state index is 0.395. The number of nitrogens with zero attached hydrogens (tertiary/aromatic N) is 3. The molecule has 0 amide bonds. The highest BCUT2D eigenvalue weighted by Crippen LogP contribution is 2.40. The lowest BCUT2D eigenvalue weighted by atomic mass is 9.97. The Morgan fingerprint density at radius 1 is 1.22 bits per heavy atom. The summed E-state index contributed by atoms with van der Waals surface area (Å²) in [5.41, 5.74) is 6.80. The summed E-state index contributed by atoms with van der Waals surface area (Å²) >= 11 is 0. The van der Waals surface area contributed by atoms with Gasteiger partial charge in [-0.2, -0.15) is 5.10 Å². The molecule has 1 atom stereocenters. The summed E-state index contributed by atoms with van der Waals surface area (Å²) in [7, 11) is 0. The molecule has 3 heterocycles. The van der Waals surface area contributed by atoms with E-state index in [0.29, 0.717) is 23.5 Å². The first kappa shape index (κ1) is 14.5. The van der Waals surface area contributed by atoms with E-state index in [1.165, 1.54) is 12.8 Å². The van der Waals surface area contributed by atoms with E-state index >= 15 is 0 Å². The van der Waals surface area contributed by atoms with E-state index in [1.54, 1.807) is 12.3 Å². The van der Waals surface area contributed by atoms with Gasteiger partial charge in [0.05, 0.1) is 12.2 Å². The molecule has 4 rings (SSSR count). The number of hydrogen-bond acceptors (Lipinski definition) is 5. The quantitative estimate of drug-likeness (QED) is 0.937. The molecule has 1 aliphatic heterocycles. The van der Waals surface area contributed by atoms with Crippen LogP contribution < -0.4 is 10.5 Å². The molecular formula is C17H22N4O2. The molecule has 122 valence electrons. The molecule has 1 saturated carbocycles. The first-order valence-corrected chi connectivity index (χ1v) is 8.36. The number of nitrogens with two attached hydrogens (primary N) is 1. The van der Waals surface area contributed by atoms with Gasteiger partial charge in [0.1, 0.15) is 17.3 Å². The number of pyridine rings is 1. The smallest absolute Gasteiger partial charge is 0.168 e. The molecule has 0 spiro atoms. The molecule has 0 bridgehead atoms. The third-order valence-corrected chi connectivity index (χ3v) is 4.47. The number of rotatable bonds is 4. The second-order valence-corrected chi connectivity index (χ2v) is 6.35. The second kappa shape index (κ2) is 6.20. The van der Waals surface area contributed by atoms with Crippen LogP contribution in [0.2, 0.25) is 0 Å². The second-order valence-electron chi connectivity index (χ2n) is 6.35. The maximum absolute atomic E-state index is 6.10. The van der Waals surface area contributed by atoms with E-state index < -0.39 is 0 Å². The average molecular weight is 314 g/mol. The van der Waals surface area contributed by atoms with Crippen LogP contribution in [0, 0.1) is 0 Å². The normalized spacial score (nSPS) is 21.8. The van der Waals surface area contributed by atoms with Gasteiger partial charge in [-0.3, -0.25) is 4.68 Å². The average Bonchev–Trinajstić information content (AvgIpc) is 3.34. The van der Waals surface area contributed by atoms with Crippen LogP contribution in [0.3, 0.4) is 0 Å². The van der Waals surface area contributed by atoms with Crippen LogP contribution in [-0.4, -0.2) is 28.0 Å². The first-order valence-electron chi connectivity index (χ1n) is 8.36. The van der Waals surface area contributed by atoms with Crippen molar-refractivity contribution in [1.82, 2.24) is 14.8 Å². The highest BCUT2D eigenvalue weighted by atomic mass is 16.5. The summed E-state index contributed by atoms with van der Waals surface area (Å²) in [4.78, 5) is 4.01. The van der Waals surface area contributed by atoms with Gasteiger partial charge in [0.15, 0.2) is 5.75 Å². The molecule has 23 heavy (non-hydrogen) atoms. The van der Waals surface area contributed by atoms with E-state index in [1.807, 2.05) is 12.3 Å². The summed E-state index contributed by atoms with van der Waals surface area (Å²) in [6.07, 6.45) is 9.27.